The highest BCUT2D eigenvalue weighted by Crippen LogP contribution is 2.61. The van der Waals surface area contributed by atoms with Crippen LogP contribution in [-0.4, -0.2) is 33.7 Å². The van der Waals surface area contributed by atoms with E-state index in [1.54, 1.807) is 22.6 Å². The van der Waals surface area contributed by atoms with Crippen molar-refractivity contribution in [2.75, 3.05) is 5.32 Å². The zero-order valence-corrected chi connectivity index (χ0v) is 20.4. The third kappa shape index (κ3) is 3.51. The lowest BCUT2D eigenvalue weighted by Gasteiger charge is -2.44. The molecule has 34 heavy (non-hydrogen) atoms. The van der Waals surface area contributed by atoms with Crippen LogP contribution in [0.15, 0.2) is 40.2 Å². The van der Waals surface area contributed by atoms with Gasteiger partial charge in [0.25, 0.3) is 5.56 Å². The van der Waals surface area contributed by atoms with Crippen LogP contribution in [0.5, 0.6) is 0 Å². The highest BCUT2D eigenvalue weighted by atomic mass is 32.3. The molecule has 180 valence electrons. The van der Waals surface area contributed by atoms with E-state index in [1.807, 2.05) is 37.6 Å². The molecule has 0 radical (unpaired) electrons. The van der Waals surface area contributed by atoms with Crippen molar-refractivity contribution in [3.63, 3.8) is 0 Å². The minimum Gasteiger partial charge on any atom is -0.338 e. The van der Waals surface area contributed by atoms with E-state index < -0.39 is 21.9 Å². The molecule has 1 aromatic carbocycles. The molecule has 1 fully saturated rings. The van der Waals surface area contributed by atoms with Crippen LogP contribution in [0, 0.1) is 11.3 Å². The Bertz CT molecular complexity index is 1360. The van der Waals surface area contributed by atoms with Crippen molar-refractivity contribution in [1.29, 1.82) is 5.26 Å². The smallest absolute Gasteiger partial charge is 0.261 e. The highest BCUT2D eigenvalue weighted by molar-refractivity contribution is 8.22. The molecule has 0 bridgehead atoms. The minimum absolute atomic E-state index is 0.245. The molecule has 2 aromatic heterocycles. The first-order valence-corrected chi connectivity index (χ1v) is 13.0. The van der Waals surface area contributed by atoms with Crippen molar-refractivity contribution < 1.29 is 9.11 Å². The lowest BCUT2D eigenvalue weighted by atomic mass is 9.94. The van der Waals surface area contributed by atoms with E-state index in [2.05, 4.69) is 16.4 Å². The van der Waals surface area contributed by atoms with Gasteiger partial charge in [0.1, 0.15) is 5.39 Å². The number of anilines is 2. The fraction of sp³-hybridized carbons (Fsp3) is 0.458. The van der Waals surface area contributed by atoms with E-state index in [0.29, 0.717) is 40.3 Å². The number of benzene rings is 1. The summed E-state index contributed by atoms with van der Waals surface area (Å²) in [5.74, 6) is 0.429. The largest absolute Gasteiger partial charge is 0.338 e. The van der Waals surface area contributed by atoms with Crippen LogP contribution in [0.3, 0.4) is 0 Å². The fourth-order valence-corrected chi connectivity index (χ4v) is 7.38. The molecule has 9 nitrogen and oxygen atoms in total. The molecule has 0 unspecified atom stereocenters. The van der Waals surface area contributed by atoms with Crippen LogP contribution in [-0.2, 0) is 12.1 Å². The van der Waals surface area contributed by atoms with Gasteiger partial charge in [-0.15, -0.1) is 10.8 Å². The first-order chi connectivity index (χ1) is 16.1. The Morgan fingerprint density at radius 3 is 2.68 bits per heavy atom. The van der Waals surface area contributed by atoms with Gasteiger partial charge in [-0.1, -0.05) is 12.8 Å². The summed E-state index contributed by atoms with van der Waals surface area (Å²) in [5.41, 5.74) is 1.17. The van der Waals surface area contributed by atoms with Gasteiger partial charge in [0.05, 0.1) is 28.4 Å². The second-order valence-electron chi connectivity index (χ2n) is 10.3. The van der Waals surface area contributed by atoms with Crippen LogP contribution in [0.2, 0.25) is 0 Å². The molecule has 0 saturated heterocycles. The van der Waals surface area contributed by atoms with E-state index in [-0.39, 0.29) is 5.56 Å². The summed E-state index contributed by atoms with van der Waals surface area (Å²) >= 11 is 0. The fourth-order valence-electron chi connectivity index (χ4n) is 5.34. The second kappa shape index (κ2) is 7.85. The van der Waals surface area contributed by atoms with Crippen LogP contribution >= 0.6 is 10.8 Å². The number of nitriles is 1. The van der Waals surface area contributed by atoms with Crippen LogP contribution in [0.1, 0.15) is 58.4 Å². The van der Waals surface area contributed by atoms with Crippen molar-refractivity contribution in [2.45, 2.75) is 75.4 Å². The number of H-pyrrole nitrogens is 1. The molecule has 5 rings (SSSR count). The number of hydrogen-bond donors (Lipinski definition) is 4. The zero-order valence-electron chi connectivity index (χ0n) is 19.6. The number of pyridine rings is 1. The van der Waals surface area contributed by atoms with Gasteiger partial charge in [0.15, 0.2) is 5.82 Å². The Balaban J connectivity index is 1.57. The molecule has 1 aliphatic carbocycles. The maximum Gasteiger partial charge on any atom is 0.261 e. The average molecular weight is 483 g/mol. The van der Waals surface area contributed by atoms with Crippen molar-refractivity contribution in [3.8, 4) is 6.07 Å². The molecule has 0 amide bonds. The summed E-state index contributed by atoms with van der Waals surface area (Å²) in [6.07, 6.45) is 5.71. The molecule has 0 spiro atoms. The molecule has 2 aliphatic rings. The van der Waals surface area contributed by atoms with Crippen molar-refractivity contribution in [3.05, 3.63) is 46.4 Å². The Labute approximate surface area is 199 Å². The maximum atomic E-state index is 12.8. The number of rotatable bonds is 4. The molecular weight excluding hydrogens is 452 g/mol. The minimum atomic E-state index is -3.06. The second-order valence-corrected chi connectivity index (χ2v) is 12.2. The van der Waals surface area contributed by atoms with E-state index in [0.717, 1.165) is 31.2 Å². The lowest BCUT2D eigenvalue weighted by Crippen LogP contribution is -2.39. The van der Waals surface area contributed by atoms with Gasteiger partial charge in [-0.3, -0.25) is 18.6 Å². The van der Waals surface area contributed by atoms with E-state index in [4.69, 9.17) is 5.10 Å². The number of aromatic amines is 1. The third-order valence-electron chi connectivity index (χ3n) is 6.98. The van der Waals surface area contributed by atoms with Gasteiger partial charge < -0.3 is 10.3 Å². The van der Waals surface area contributed by atoms with E-state index >= 15 is 0 Å². The maximum absolute atomic E-state index is 12.8. The summed E-state index contributed by atoms with van der Waals surface area (Å²) in [7, 11) is -3.06. The third-order valence-corrected chi connectivity index (χ3v) is 9.26. The molecule has 3 aromatic rings. The first kappa shape index (κ1) is 22.9. The molecule has 1 saturated carbocycles. The summed E-state index contributed by atoms with van der Waals surface area (Å²) in [6.45, 7) is 6.28. The Hall–Kier alpha value is -2.84. The monoisotopic (exact) mass is 482 g/mol. The standard InChI is InChI=1S/C24H30N6O3S/c1-23(2,3)29-15-16-14-17(6-7-19(16)34(29,32)33)27-21-20-18(8-13-26-22(20)31)30(28-21)24(11-12-25)9-4-5-10-24/h6-8,13-14,32-33H,4-5,9-11,15H2,1-3H3,(H,26,31)(H,27,28). The molecule has 4 N–H and O–H groups in total. The lowest BCUT2D eigenvalue weighted by molar-refractivity contribution is 0.227. The van der Waals surface area contributed by atoms with E-state index in [9.17, 15) is 19.2 Å². The molecule has 3 heterocycles. The van der Waals surface area contributed by atoms with Gasteiger partial charge in [-0.25, -0.2) is 0 Å². The van der Waals surface area contributed by atoms with Gasteiger partial charge in [-0.2, -0.15) is 14.7 Å². The molecule has 0 atom stereocenters. The number of aromatic nitrogens is 3. The number of nitrogens with one attached hydrogen (secondary N) is 2. The summed E-state index contributed by atoms with van der Waals surface area (Å²) in [6, 6.07) is 9.56. The van der Waals surface area contributed by atoms with E-state index in [1.165, 1.54) is 0 Å². The zero-order chi connectivity index (χ0) is 24.3. The topological polar surface area (TPSA) is 130 Å². The summed E-state index contributed by atoms with van der Waals surface area (Å²) in [5, 5.41) is 18.1. The van der Waals surface area contributed by atoms with Gasteiger partial charge >= 0.3 is 0 Å². The number of hydrogen-bond acceptors (Lipinski definition) is 7. The number of nitrogens with zero attached hydrogens (tertiary/aromatic N) is 4. The number of fused-ring (bicyclic) bond motifs is 2. The van der Waals surface area contributed by atoms with Crippen molar-refractivity contribution in [2.24, 2.45) is 0 Å². The van der Waals surface area contributed by atoms with Crippen molar-refractivity contribution >= 4 is 33.2 Å². The quantitative estimate of drug-likeness (QED) is 0.397. The van der Waals surface area contributed by atoms with Crippen LogP contribution in [0.4, 0.5) is 11.5 Å². The van der Waals surface area contributed by atoms with Crippen molar-refractivity contribution in [1.82, 2.24) is 19.1 Å². The normalized spacial score (nSPS) is 20.2. The predicted molar refractivity (Wildman–Crippen MR) is 133 cm³/mol. The van der Waals surface area contributed by atoms with Crippen LogP contribution < -0.4 is 10.9 Å². The predicted octanol–water partition coefficient (Wildman–Crippen LogP) is 5.29. The van der Waals surface area contributed by atoms with Crippen LogP contribution in [0.25, 0.3) is 10.9 Å². The molecule has 10 heteroatoms. The first-order valence-electron chi connectivity index (χ1n) is 11.5. The Kier molecular flexibility index (Phi) is 5.29. The Morgan fingerprint density at radius 1 is 1.26 bits per heavy atom. The molecular formula is C24H30N6O3S. The highest BCUT2D eigenvalue weighted by Gasteiger charge is 2.42. The average Bonchev–Trinajstić information content (AvgIpc) is 3.44. The summed E-state index contributed by atoms with van der Waals surface area (Å²) in [4.78, 5) is 16.1. The molecule has 1 aliphatic heterocycles. The SMILES string of the molecule is CC(C)(C)N1Cc2cc(Nc3nn(C4(CC#N)CCCC4)c4cc[nH]c(=O)c34)ccc2S1(O)O. The Morgan fingerprint density at radius 2 is 2.00 bits per heavy atom. The van der Waals surface area contributed by atoms with Gasteiger partial charge in [0, 0.05) is 24.0 Å². The van der Waals surface area contributed by atoms with Gasteiger partial charge in [0.2, 0.25) is 0 Å². The van der Waals surface area contributed by atoms with Gasteiger partial charge in [-0.05, 0) is 63.4 Å². The summed E-state index contributed by atoms with van der Waals surface area (Å²) < 4.78 is 25.3.